The van der Waals surface area contributed by atoms with Crippen LogP contribution in [0.4, 0.5) is 0 Å². The number of aromatic nitrogens is 1. The topological polar surface area (TPSA) is 30.9 Å². The number of benzene rings is 1. The molecule has 0 aliphatic heterocycles. The molecule has 0 saturated heterocycles. The zero-order chi connectivity index (χ0) is 14.7. The maximum Gasteiger partial charge on any atom is 0.0309 e. The smallest absolute Gasteiger partial charge is 0.0309 e. The van der Waals surface area contributed by atoms with Gasteiger partial charge >= 0.3 is 0 Å². The van der Waals surface area contributed by atoms with E-state index in [0.29, 0.717) is 5.92 Å². The number of hydrogen-bond acceptors (Lipinski definition) is 1. The second-order valence-corrected chi connectivity index (χ2v) is 6.32. The monoisotopic (exact) mass is 282 g/mol. The molecule has 2 heteroatoms. The van der Waals surface area contributed by atoms with Crippen molar-refractivity contribution in [1.82, 2.24) is 4.57 Å². The Morgan fingerprint density at radius 2 is 2.14 bits per heavy atom. The van der Waals surface area contributed by atoms with Gasteiger partial charge in [0.05, 0.1) is 0 Å². The predicted molar refractivity (Wildman–Crippen MR) is 88.4 cm³/mol. The van der Waals surface area contributed by atoms with E-state index in [2.05, 4.69) is 54.2 Å². The van der Waals surface area contributed by atoms with E-state index in [4.69, 9.17) is 5.73 Å². The van der Waals surface area contributed by atoms with Crippen LogP contribution in [-0.2, 0) is 13.0 Å². The molecule has 2 unspecified atom stereocenters. The third-order valence-electron chi connectivity index (χ3n) is 4.73. The van der Waals surface area contributed by atoms with Crippen LogP contribution < -0.4 is 5.73 Å². The molecule has 1 aromatic heterocycles. The standard InChI is InChI=1S/C19H26N2/c1-2-6-19(20)17-11-12-21(14-17)13-16-9-5-8-15-7-3-4-10-18(15)16/h3-4,7,10-12,14,16,19H,2,5-6,8-9,13,20H2,1H3. The summed E-state index contributed by atoms with van der Waals surface area (Å²) in [4.78, 5) is 0. The third kappa shape index (κ3) is 3.21. The fourth-order valence-corrected chi connectivity index (χ4v) is 3.57. The molecular weight excluding hydrogens is 256 g/mol. The van der Waals surface area contributed by atoms with Crippen LogP contribution in [0, 0.1) is 0 Å². The second-order valence-electron chi connectivity index (χ2n) is 6.32. The lowest BCUT2D eigenvalue weighted by molar-refractivity contribution is 0.483. The van der Waals surface area contributed by atoms with E-state index in [1.807, 2.05) is 0 Å². The lowest BCUT2D eigenvalue weighted by Crippen LogP contribution is -2.15. The number of rotatable bonds is 5. The second kappa shape index (κ2) is 6.48. The van der Waals surface area contributed by atoms with Crippen molar-refractivity contribution in [2.75, 3.05) is 0 Å². The van der Waals surface area contributed by atoms with Gasteiger partial charge in [0.1, 0.15) is 0 Å². The van der Waals surface area contributed by atoms with Gasteiger partial charge in [-0.15, -0.1) is 0 Å². The summed E-state index contributed by atoms with van der Waals surface area (Å²) in [6.07, 6.45) is 10.5. The molecule has 0 spiro atoms. The van der Waals surface area contributed by atoms with E-state index < -0.39 is 0 Å². The van der Waals surface area contributed by atoms with Crippen molar-refractivity contribution >= 4 is 0 Å². The van der Waals surface area contributed by atoms with Crippen LogP contribution in [-0.4, -0.2) is 4.57 Å². The van der Waals surface area contributed by atoms with Crippen LogP contribution in [0.25, 0.3) is 0 Å². The molecule has 3 rings (SSSR count). The van der Waals surface area contributed by atoms with E-state index in [-0.39, 0.29) is 6.04 Å². The normalized spacial score (nSPS) is 19.2. The van der Waals surface area contributed by atoms with Crippen molar-refractivity contribution in [3.05, 3.63) is 59.4 Å². The van der Waals surface area contributed by atoms with E-state index in [0.717, 1.165) is 19.4 Å². The maximum atomic E-state index is 6.22. The molecule has 0 fully saturated rings. The quantitative estimate of drug-likeness (QED) is 0.865. The van der Waals surface area contributed by atoms with Crippen LogP contribution in [0.3, 0.4) is 0 Å². The Labute approximate surface area is 128 Å². The van der Waals surface area contributed by atoms with Gasteiger partial charge in [-0.3, -0.25) is 0 Å². The number of nitrogens with zero attached hydrogens (tertiary/aromatic N) is 1. The van der Waals surface area contributed by atoms with Gasteiger partial charge in [0.25, 0.3) is 0 Å². The Bertz CT molecular complexity index is 585. The molecule has 21 heavy (non-hydrogen) atoms. The number of fused-ring (bicyclic) bond motifs is 1. The molecule has 2 atom stereocenters. The van der Waals surface area contributed by atoms with E-state index in [9.17, 15) is 0 Å². The minimum atomic E-state index is 0.190. The summed E-state index contributed by atoms with van der Waals surface area (Å²) < 4.78 is 2.33. The van der Waals surface area contributed by atoms with Crippen molar-refractivity contribution in [3.8, 4) is 0 Å². The SMILES string of the molecule is CCCC(N)c1ccn(CC2CCCc3ccccc32)c1. The van der Waals surface area contributed by atoms with E-state index in [1.54, 1.807) is 11.1 Å². The van der Waals surface area contributed by atoms with Crippen LogP contribution >= 0.6 is 0 Å². The van der Waals surface area contributed by atoms with Gasteiger partial charge in [0.15, 0.2) is 0 Å². The highest BCUT2D eigenvalue weighted by Crippen LogP contribution is 2.32. The lowest BCUT2D eigenvalue weighted by atomic mass is 9.83. The van der Waals surface area contributed by atoms with Crippen molar-refractivity contribution < 1.29 is 0 Å². The Kier molecular flexibility index (Phi) is 4.45. The van der Waals surface area contributed by atoms with Gasteiger partial charge in [-0.1, -0.05) is 37.6 Å². The molecule has 2 nitrogen and oxygen atoms in total. The summed E-state index contributed by atoms with van der Waals surface area (Å²) in [6, 6.07) is 11.3. The fraction of sp³-hybridized carbons (Fsp3) is 0.474. The first-order valence-corrected chi connectivity index (χ1v) is 8.27. The summed E-state index contributed by atoms with van der Waals surface area (Å²) in [6.45, 7) is 3.27. The average Bonchev–Trinajstić information content (AvgIpc) is 2.97. The number of hydrogen-bond donors (Lipinski definition) is 1. The van der Waals surface area contributed by atoms with Crippen molar-refractivity contribution in [2.45, 2.75) is 57.5 Å². The molecule has 0 saturated carbocycles. The van der Waals surface area contributed by atoms with Crippen LogP contribution in [0.5, 0.6) is 0 Å². The predicted octanol–water partition coefficient (Wildman–Crippen LogP) is 4.41. The van der Waals surface area contributed by atoms with Crippen molar-refractivity contribution in [1.29, 1.82) is 0 Å². The molecule has 2 aromatic rings. The third-order valence-corrected chi connectivity index (χ3v) is 4.73. The minimum absolute atomic E-state index is 0.190. The highest BCUT2D eigenvalue weighted by atomic mass is 14.9. The summed E-state index contributed by atoms with van der Waals surface area (Å²) >= 11 is 0. The molecule has 2 N–H and O–H groups in total. The molecule has 1 heterocycles. The van der Waals surface area contributed by atoms with Crippen molar-refractivity contribution in [2.24, 2.45) is 5.73 Å². The average molecular weight is 282 g/mol. The van der Waals surface area contributed by atoms with Crippen LogP contribution in [0.15, 0.2) is 42.7 Å². The Balaban J connectivity index is 1.73. The zero-order valence-electron chi connectivity index (χ0n) is 13.0. The Hall–Kier alpha value is -1.54. The maximum absolute atomic E-state index is 6.22. The van der Waals surface area contributed by atoms with E-state index in [1.165, 1.54) is 24.8 Å². The van der Waals surface area contributed by atoms with Gasteiger partial charge < -0.3 is 10.3 Å². The van der Waals surface area contributed by atoms with Gasteiger partial charge in [0.2, 0.25) is 0 Å². The fourth-order valence-electron chi connectivity index (χ4n) is 3.57. The van der Waals surface area contributed by atoms with Crippen LogP contribution in [0.1, 0.15) is 61.3 Å². The number of aryl methyl sites for hydroxylation is 1. The first-order valence-electron chi connectivity index (χ1n) is 8.27. The molecule has 0 radical (unpaired) electrons. The minimum Gasteiger partial charge on any atom is -0.353 e. The Morgan fingerprint density at radius 3 is 3.00 bits per heavy atom. The molecular formula is C19H26N2. The Morgan fingerprint density at radius 1 is 1.29 bits per heavy atom. The lowest BCUT2D eigenvalue weighted by Gasteiger charge is -2.25. The van der Waals surface area contributed by atoms with Gasteiger partial charge in [-0.05, 0) is 48.4 Å². The zero-order valence-corrected chi connectivity index (χ0v) is 13.0. The molecule has 112 valence electrons. The van der Waals surface area contributed by atoms with Gasteiger partial charge in [-0.25, -0.2) is 0 Å². The molecule has 1 aliphatic carbocycles. The largest absolute Gasteiger partial charge is 0.353 e. The van der Waals surface area contributed by atoms with Crippen molar-refractivity contribution in [3.63, 3.8) is 0 Å². The first kappa shape index (κ1) is 14.4. The molecule has 1 aromatic carbocycles. The van der Waals surface area contributed by atoms with Crippen LogP contribution in [0.2, 0.25) is 0 Å². The van der Waals surface area contributed by atoms with E-state index >= 15 is 0 Å². The molecule has 1 aliphatic rings. The molecule has 0 bridgehead atoms. The highest BCUT2D eigenvalue weighted by Gasteiger charge is 2.20. The molecule has 0 amide bonds. The summed E-state index contributed by atoms with van der Waals surface area (Å²) in [5, 5.41) is 0. The first-order chi connectivity index (χ1) is 10.3. The number of nitrogens with two attached hydrogens (primary N) is 1. The highest BCUT2D eigenvalue weighted by molar-refractivity contribution is 5.32. The summed E-state index contributed by atoms with van der Waals surface area (Å²) in [5.41, 5.74) is 10.6. The van der Waals surface area contributed by atoms with Gasteiger partial charge in [-0.2, -0.15) is 0 Å². The summed E-state index contributed by atoms with van der Waals surface area (Å²) in [5.74, 6) is 0.651. The summed E-state index contributed by atoms with van der Waals surface area (Å²) in [7, 11) is 0. The van der Waals surface area contributed by atoms with Gasteiger partial charge in [0, 0.05) is 30.9 Å².